The Hall–Kier alpha value is -2.76. The minimum atomic E-state index is -0.0261. The molecule has 2 N–H and O–H groups in total. The highest BCUT2D eigenvalue weighted by Crippen LogP contribution is 2.18. The smallest absolute Gasteiger partial charge is 0.251 e. The number of ether oxygens (including phenoxy) is 2. The van der Waals surface area contributed by atoms with Gasteiger partial charge in [0.15, 0.2) is 0 Å². The second-order valence-corrected chi connectivity index (χ2v) is 6.69. The monoisotopic (exact) mass is 369 g/mol. The standard InChI is InChI=1S/C21H27N3O3/c1-26-18-7-9-19(10-8-18)27-14-13-23-20-15-16(11-12-22-20)21(25)24-17-5-3-2-4-6-17/h7-12,15,17H,2-6,13-14H2,1H3,(H,22,23)(H,24,25). The van der Waals surface area contributed by atoms with Crippen LogP contribution in [0, 0.1) is 0 Å². The Morgan fingerprint density at radius 3 is 2.59 bits per heavy atom. The van der Waals surface area contributed by atoms with Crippen LogP contribution in [0.4, 0.5) is 5.82 Å². The van der Waals surface area contributed by atoms with Gasteiger partial charge in [-0.3, -0.25) is 4.79 Å². The number of hydrogen-bond donors (Lipinski definition) is 2. The Bertz CT molecular complexity index is 728. The zero-order valence-corrected chi connectivity index (χ0v) is 15.7. The molecule has 0 saturated heterocycles. The molecule has 0 bridgehead atoms. The van der Waals surface area contributed by atoms with Gasteiger partial charge in [-0.05, 0) is 49.2 Å². The molecule has 6 nitrogen and oxygen atoms in total. The molecule has 0 aliphatic heterocycles. The van der Waals surface area contributed by atoms with Gasteiger partial charge in [0.2, 0.25) is 0 Å². The van der Waals surface area contributed by atoms with Gasteiger partial charge in [-0.15, -0.1) is 0 Å². The molecular weight excluding hydrogens is 342 g/mol. The molecule has 6 heteroatoms. The van der Waals surface area contributed by atoms with E-state index in [2.05, 4.69) is 15.6 Å². The fraction of sp³-hybridized carbons (Fsp3) is 0.429. The summed E-state index contributed by atoms with van der Waals surface area (Å²) in [5.74, 6) is 2.23. The average Bonchev–Trinajstić information content (AvgIpc) is 2.72. The third-order valence-electron chi connectivity index (χ3n) is 4.70. The van der Waals surface area contributed by atoms with Crippen molar-refractivity contribution in [3.63, 3.8) is 0 Å². The fourth-order valence-electron chi connectivity index (χ4n) is 3.20. The van der Waals surface area contributed by atoms with Crippen molar-refractivity contribution in [2.24, 2.45) is 0 Å². The summed E-state index contributed by atoms with van der Waals surface area (Å²) in [6.45, 7) is 1.08. The van der Waals surface area contributed by atoms with Crippen molar-refractivity contribution in [2.45, 2.75) is 38.1 Å². The highest BCUT2D eigenvalue weighted by Gasteiger charge is 2.16. The number of carbonyl (C=O) groups excluding carboxylic acids is 1. The Morgan fingerprint density at radius 1 is 1.11 bits per heavy atom. The summed E-state index contributed by atoms with van der Waals surface area (Å²) in [5.41, 5.74) is 0.633. The third-order valence-corrected chi connectivity index (χ3v) is 4.70. The number of nitrogens with one attached hydrogen (secondary N) is 2. The Balaban J connectivity index is 1.44. The average molecular weight is 369 g/mol. The van der Waals surface area contributed by atoms with Crippen LogP contribution in [-0.2, 0) is 0 Å². The molecule has 1 heterocycles. The minimum absolute atomic E-state index is 0.0261. The van der Waals surface area contributed by atoms with Gasteiger partial charge < -0.3 is 20.1 Å². The zero-order chi connectivity index (χ0) is 18.9. The number of pyridine rings is 1. The number of rotatable bonds is 8. The van der Waals surface area contributed by atoms with E-state index < -0.39 is 0 Å². The number of amides is 1. The molecule has 1 saturated carbocycles. The van der Waals surface area contributed by atoms with Crippen molar-refractivity contribution >= 4 is 11.7 Å². The van der Waals surface area contributed by atoms with E-state index in [1.807, 2.05) is 24.3 Å². The van der Waals surface area contributed by atoms with E-state index in [1.165, 1.54) is 19.3 Å². The number of methoxy groups -OCH3 is 1. The molecule has 1 aliphatic rings. The number of carbonyl (C=O) groups is 1. The van der Waals surface area contributed by atoms with Gasteiger partial charge in [-0.25, -0.2) is 4.98 Å². The molecule has 2 aromatic rings. The van der Waals surface area contributed by atoms with E-state index in [-0.39, 0.29) is 5.91 Å². The lowest BCUT2D eigenvalue weighted by Gasteiger charge is -2.22. The summed E-state index contributed by atoms with van der Waals surface area (Å²) in [6.07, 6.45) is 7.47. The van der Waals surface area contributed by atoms with Gasteiger partial charge in [0.1, 0.15) is 23.9 Å². The molecule has 27 heavy (non-hydrogen) atoms. The van der Waals surface area contributed by atoms with Crippen molar-refractivity contribution < 1.29 is 14.3 Å². The van der Waals surface area contributed by atoms with Crippen LogP contribution >= 0.6 is 0 Å². The van der Waals surface area contributed by atoms with Gasteiger partial charge in [-0.2, -0.15) is 0 Å². The highest BCUT2D eigenvalue weighted by atomic mass is 16.5. The van der Waals surface area contributed by atoms with E-state index in [4.69, 9.17) is 9.47 Å². The van der Waals surface area contributed by atoms with Crippen LogP contribution in [0.2, 0.25) is 0 Å². The summed E-state index contributed by atoms with van der Waals surface area (Å²) >= 11 is 0. The maximum absolute atomic E-state index is 12.4. The first-order valence-corrected chi connectivity index (χ1v) is 9.52. The first-order valence-electron chi connectivity index (χ1n) is 9.52. The molecule has 1 aliphatic carbocycles. The van der Waals surface area contributed by atoms with Crippen LogP contribution in [-0.4, -0.2) is 37.2 Å². The predicted octanol–water partition coefficient (Wildman–Crippen LogP) is 3.64. The maximum Gasteiger partial charge on any atom is 0.251 e. The molecule has 1 aromatic carbocycles. The number of benzene rings is 1. The van der Waals surface area contributed by atoms with Crippen LogP contribution in [0.15, 0.2) is 42.6 Å². The maximum atomic E-state index is 12.4. The van der Waals surface area contributed by atoms with E-state index in [1.54, 1.807) is 25.4 Å². The summed E-state index contributed by atoms with van der Waals surface area (Å²) in [4.78, 5) is 16.7. The second-order valence-electron chi connectivity index (χ2n) is 6.69. The Morgan fingerprint density at radius 2 is 1.85 bits per heavy atom. The molecule has 1 fully saturated rings. The molecule has 0 unspecified atom stereocenters. The fourth-order valence-corrected chi connectivity index (χ4v) is 3.20. The normalized spacial score (nSPS) is 14.4. The largest absolute Gasteiger partial charge is 0.497 e. The SMILES string of the molecule is COc1ccc(OCCNc2cc(C(=O)NC3CCCCC3)ccn2)cc1. The Labute approximate surface area is 160 Å². The number of nitrogens with zero attached hydrogens (tertiary/aromatic N) is 1. The van der Waals surface area contributed by atoms with Crippen molar-refractivity contribution in [1.29, 1.82) is 0 Å². The molecular formula is C21H27N3O3. The molecule has 0 atom stereocenters. The summed E-state index contributed by atoms with van der Waals surface area (Å²) < 4.78 is 10.8. The third kappa shape index (κ3) is 5.88. The lowest BCUT2D eigenvalue weighted by atomic mass is 9.95. The Kier molecular flexibility index (Phi) is 6.90. The lowest BCUT2D eigenvalue weighted by molar-refractivity contribution is 0.0927. The first-order chi connectivity index (χ1) is 13.2. The van der Waals surface area contributed by atoms with Gasteiger partial charge in [0.25, 0.3) is 5.91 Å². The van der Waals surface area contributed by atoms with Crippen molar-refractivity contribution in [1.82, 2.24) is 10.3 Å². The predicted molar refractivity (Wildman–Crippen MR) is 106 cm³/mol. The number of aromatic nitrogens is 1. The lowest BCUT2D eigenvalue weighted by Crippen LogP contribution is -2.36. The second kappa shape index (κ2) is 9.80. The highest BCUT2D eigenvalue weighted by molar-refractivity contribution is 5.95. The summed E-state index contributed by atoms with van der Waals surface area (Å²) in [6, 6.07) is 11.3. The molecule has 1 amide bonds. The van der Waals surface area contributed by atoms with Gasteiger partial charge in [0.05, 0.1) is 13.7 Å². The van der Waals surface area contributed by atoms with E-state index in [0.717, 1.165) is 24.3 Å². The quantitative estimate of drug-likeness (QED) is 0.695. The number of hydrogen-bond acceptors (Lipinski definition) is 5. The van der Waals surface area contributed by atoms with Gasteiger partial charge >= 0.3 is 0 Å². The van der Waals surface area contributed by atoms with E-state index in [0.29, 0.717) is 30.6 Å². The molecule has 144 valence electrons. The van der Waals surface area contributed by atoms with Gasteiger partial charge in [0, 0.05) is 17.8 Å². The van der Waals surface area contributed by atoms with Crippen LogP contribution in [0.3, 0.4) is 0 Å². The van der Waals surface area contributed by atoms with Crippen LogP contribution in [0.25, 0.3) is 0 Å². The topological polar surface area (TPSA) is 72.5 Å². The number of anilines is 1. The van der Waals surface area contributed by atoms with Crippen molar-refractivity contribution in [3.05, 3.63) is 48.2 Å². The van der Waals surface area contributed by atoms with Crippen LogP contribution < -0.4 is 20.1 Å². The summed E-state index contributed by atoms with van der Waals surface area (Å²) in [5, 5.41) is 6.33. The molecule has 0 spiro atoms. The van der Waals surface area contributed by atoms with E-state index >= 15 is 0 Å². The van der Waals surface area contributed by atoms with Crippen molar-refractivity contribution in [3.8, 4) is 11.5 Å². The van der Waals surface area contributed by atoms with Crippen LogP contribution in [0.5, 0.6) is 11.5 Å². The zero-order valence-electron chi connectivity index (χ0n) is 15.7. The van der Waals surface area contributed by atoms with E-state index in [9.17, 15) is 4.79 Å². The van der Waals surface area contributed by atoms with Crippen LogP contribution in [0.1, 0.15) is 42.5 Å². The first kappa shape index (κ1) is 19.0. The minimum Gasteiger partial charge on any atom is -0.497 e. The molecule has 1 aromatic heterocycles. The molecule has 3 rings (SSSR count). The molecule has 0 radical (unpaired) electrons. The van der Waals surface area contributed by atoms with Crippen molar-refractivity contribution in [2.75, 3.05) is 25.6 Å². The summed E-state index contributed by atoms with van der Waals surface area (Å²) in [7, 11) is 1.64. The van der Waals surface area contributed by atoms with Gasteiger partial charge in [-0.1, -0.05) is 19.3 Å².